The average molecular weight is 364 g/mol. The summed E-state index contributed by atoms with van der Waals surface area (Å²) in [7, 11) is -2.34. The Morgan fingerprint density at radius 1 is 1.24 bits per heavy atom. The zero-order valence-electron chi connectivity index (χ0n) is 32.4. The predicted molar refractivity (Wildman–Crippen MR) is 99.8 cm³/mol. The van der Waals surface area contributed by atoms with Gasteiger partial charge in [0.05, 0.1) is 38.0 Å². The van der Waals surface area contributed by atoms with Gasteiger partial charge in [-0.2, -0.15) is 0 Å². The maximum atomic E-state index is 10.8. The fraction of sp³-hybridized carbons (Fsp3) is 0.429. The Bertz CT molecular complexity index is 1410. The van der Waals surface area contributed by atoms with E-state index in [0.29, 0.717) is 0 Å². The van der Waals surface area contributed by atoms with E-state index in [0.717, 1.165) is 7.11 Å². The van der Waals surface area contributed by atoms with Crippen molar-refractivity contribution < 1.29 is 45.4 Å². The molecule has 0 aliphatic carbocycles. The molecule has 0 saturated carbocycles. The molecular formula is C21H28O4. The van der Waals surface area contributed by atoms with Crippen LogP contribution in [0.1, 0.15) is 56.3 Å². The van der Waals surface area contributed by atoms with E-state index < -0.39 is 110 Å². The quantitative estimate of drug-likeness (QED) is 0.688. The van der Waals surface area contributed by atoms with Crippen molar-refractivity contribution in [1.29, 1.82) is 0 Å². The molecule has 0 radical (unpaired) electrons. The fourth-order valence-corrected chi connectivity index (χ4v) is 1.52. The normalized spacial score (nSPS) is 26.9. The number of benzene rings is 2. The van der Waals surface area contributed by atoms with Crippen molar-refractivity contribution in [3.8, 4) is 17.2 Å². The van der Waals surface area contributed by atoms with Crippen molar-refractivity contribution in [3.05, 3.63) is 53.4 Å². The van der Waals surface area contributed by atoms with Crippen LogP contribution >= 0.6 is 0 Å². The Balaban J connectivity index is 2.65. The lowest BCUT2D eigenvalue weighted by Gasteiger charge is -2.13. The Kier molecular flexibility index (Phi) is 2.35. The minimum Gasteiger partial charge on any atom is -0.493 e. The van der Waals surface area contributed by atoms with Crippen molar-refractivity contribution in [2.24, 2.45) is 0 Å². The molecule has 25 heavy (non-hydrogen) atoms. The number of aliphatic hydroxyl groups is 1. The van der Waals surface area contributed by atoms with Crippen molar-refractivity contribution in [2.45, 2.75) is 38.5 Å². The Morgan fingerprint density at radius 2 is 2.12 bits per heavy atom. The van der Waals surface area contributed by atoms with E-state index in [1.165, 1.54) is 6.92 Å². The predicted octanol–water partition coefficient (Wildman–Crippen LogP) is 4.16. The number of methoxy groups -OCH3 is 2. The van der Waals surface area contributed by atoms with Gasteiger partial charge in [0.25, 0.3) is 0 Å². The lowest BCUT2D eigenvalue weighted by atomic mass is 10.0. The summed E-state index contributed by atoms with van der Waals surface area (Å²) >= 11 is 0. The van der Waals surface area contributed by atoms with Crippen molar-refractivity contribution >= 4 is 0 Å². The molecule has 0 aliphatic heterocycles. The van der Waals surface area contributed by atoms with E-state index in [1.54, 1.807) is 0 Å². The Labute approximate surface area is 177 Å². The van der Waals surface area contributed by atoms with Gasteiger partial charge >= 0.3 is 0 Å². The molecule has 4 nitrogen and oxygen atoms in total. The second-order valence-electron chi connectivity index (χ2n) is 4.38. The van der Waals surface area contributed by atoms with Gasteiger partial charge in [-0.15, -0.1) is 0 Å². The van der Waals surface area contributed by atoms with Crippen LogP contribution in [0.4, 0.5) is 0 Å². The van der Waals surface area contributed by atoms with E-state index >= 15 is 0 Å². The molecule has 4 heteroatoms. The summed E-state index contributed by atoms with van der Waals surface area (Å²) in [5.41, 5.74) is -1.52. The monoisotopic (exact) mass is 363 g/mol. The van der Waals surface area contributed by atoms with Crippen LogP contribution in [0.25, 0.3) is 0 Å². The van der Waals surface area contributed by atoms with Crippen molar-refractivity contribution in [3.63, 3.8) is 0 Å². The first-order valence-corrected chi connectivity index (χ1v) is 6.86. The first-order chi connectivity index (χ1) is 19.5. The molecule has 0 fully saturated rings. The van der Waals surface area contributed by atoms with E-state index in [4.69, 9.17) is 35.5 Å². The van der Waals surface area contributed by atoms with E-state index in [9.17, 15) is 5.11 Å². The highest BCUT2D eigenvalue weighted by molar-refractivity contribution is 5.42. The molecule has 0 spiro atoms. The summed E-state index contributed by atoms with van der Waals surface area (Å²) in [5, 5.41) is 10.8. The third-order valence-corrected chi connectivity index (χ3v) is 2.59. The summed E-state index contributed by atoms with van der Waals surface area (Å²) in [5.74, 6) is -2.84. The molecule has 1 unspecified atom stereocenters. The average Bonchev–Trinajstić information content (AvgIpc) is 2.86. The third-order valence-electron chi connectivity index (χ3n) is 2.59. The largest absolute Gasteiger partial charge is 0.493 e. The SMILES string of the molecule is [2H]c1c([2H])c(C)c([2H])c(OC([2H])([2H])C([2H])(O)C([2H])([2H])CC([2H])([2H])C([2H])([2H])c2c([2H])c([2H])c(OC)c(OC([2H])([2H])[2H])c2[2H])c1[2H]. The van der Waals surface area contributed by atoms with Gasteiger partial charge in [0.1, 0.15) is 12.3 Å². The maximum absolute atomic E-state index is 10.8. The second kappa shape index (κ2) is 9.94. The zero-order chi connectivity index (χ0) is 34.8. The summed E-state index contributed by atoms with van der Waals surface area (Å²) in [6.45, 7) is -2.74. The van der Waals surface area contributed by atoms with E-state index in [1.807, 2.05) is 0 Å². The fourth-order valence-electron chi connectivity index (χ4n) is 1.52. The smallest absolute Gasteiger partial charge is 0.160 e. The molecule has 0 bridgehead atoms. The van der Waals surface area contributed by atoms with Crippen LogP contribution in [0.3, 0.4) is 0 Å². The highest BCUT2D eigenvalue weighted by Crippen LogP contribution is 2.28. The molecule has 0 heterocycles. The lowest BCUT2D eigenvalue weighted by Crippen LogP contribution is -2.17. The first-order valence-electron chi connectivity index (χ1n) is 16.4. The van der Waals surface area contributed by atoms with Crippen LogP contribution in [-0.4, -0.2) is 31.9 Å². The number of hydrogen-bond donors (Lipinski definition) is 1. The summed E-state index contributed by atoms with van der Waals surface area (Å²) in [4.78, 5) is 0. The molecule has 2 aromatic carbocycles. The van der Waals surface area contributed by atoms with Crippen LogP contribution in [-0.2, 0) is 6.37 Å². The van der Waals surface area contributed by atoms with Crippen molar-refractivity contribution in [1.82, 2.24) is 0 Å². The van der Waals surface area contributed by atoms with Gasteiger partial charge in [-0.05, 0) is 61.3 Å². The number of hydrogen-bond acceptors (Lipinski definition) is 4. The van der Waals surface area contributed by atoms with Crippen LogP contribution in [0, 0.1) is 6.92 Å². The van der Waals surface area contributed by atoms with Gasteiger partial charge in [-0.25, -0.2) is 0 Å². The molecule has 0 saturated heterocycles. The zero-order valence-corrected chi connectivity index (χ0v) is 13.4. The highest BCUT2D eigenvalue weighted by Gasteiger charge is 2.07. The summed E-state index contributed by atoms with van der Waals surface area (Å²) in [6, 6.07) is -6.56. The van der Waals surface area contributed by atoms with Crippen LogP contribution < -0.4 is 14.2 Å². The van der Waals surface area contributed by atoms with E-state index in [-0.39, 0.29) is 5.56 Å². The van der Waals surface area contributed by atoms with Crippen LogP contribution in [0.15, 0.2) is 42.3 Å². The Hall–Kier alpha value is -2.20. The molecular weight excluding hydrogens is 316 g/mol. The van der Waals surface area contributed by atoms with E-state index in [2.05, 4.69) is 4.74 Å². The van der Waals surface area contributed by atoms with Gasteiger partial charge in [-0.3, -0.25) is 0 Å². The molecule has 2 aromatic rings. The molecule has 2 rings (SSSR count). The standard InChI is InChI=1S/C21H28O4/c1-16-7-6-10-19(13-16)25-15-18(22)9-5-4-8-17-11-12-20(23-2)21(14-17)24-3/h6-7,10-14,18,22H,4-5,8-9,15H2,1-3H3/i3D3,4D2,6D,7D,8D2,9D2,10D,11D,12D,13D,14D,15D2,18D. The highest BCUT2D eigenvalue weighted by atomic mass is 16.5. The molecule has 0 amide bonds. The summed E-state index contributed by atoms with van der Waals surface area (Å²) in [6.07, 6.45) is -17.1. The van der Waals surface area contributed by atoms with Gasteiger partial charge < -0.3 is 19.3 Å². The van der Waals surface area contributed by atoms with Crippen LogP contribution in [0.2, 0.25) is 0 Å². The Morgan fingerprint density at radius 3 is 2.92 bits per heavy atom. The van der Waals surface area contributed by atoms with Gasteiger partial charge in [0, 0.05) is 8.22 Å². The molecule has 1 atom stereocenters. The topological polar surface area (TPSA) is 47.9 Å². The molecule has 1 N–H and O–H groups in total. The van der Waals surface area contributed by atoms with Gasteiger partial charge in [-0.1, -0.05) is 24.5 Å². The summed E-state index contributed by atoms with van der Waals surface area (Å²) < 4.78 is 167. The number of rotatable bonds is 10. The first kappa shape index (κ1) is 5.92. The minimum absolute atomic E-state index is 0.245. The number of ether oxygens (including phenoxy) is 3. The van der Waals surface area contributed by atoms with Crippen molar-refractivity contribution in [2.75, 3.05) is 20.7 Å². The maximum Gasteiger partial charge on any atom is 0.160 e. The molecule has 0 aromatic heterocycles. The van der Waals surface area contributed by atoms with Crippen LogP contribution in [0.5, 0.6) is 17.2 Å². The van der Waals surface area contributed by atoms with Gasteiger partial charge in [0.2, 0.25) is 0 Å². The third kappa shape index (κ3) is 6.31. The minimum atomic E-state index is -4.14. The lowest BCUT2D eigenvalue weighted by molar-refractivity contribution is 0.0976. The molecule has 0 aliphatic rings. The van der Waals surface area contributed by atoms with Gasteiger partial charge in [0.15, 0.2) is 11.5 Å². The molecule has 136 valence electrons. The second-order valence-corrected chi connectivity index (χ2v) is 4.38.